The summed E-state index contributed by atoms with van der Waals surface area (Å²) in [6.07, 6.45) is 0. The lowest BCUT2D eigenvalue weighted by Crippen LogP contribution is -2.07. The molecule has 0 atom stereocenters. The van der Waals surface area contributed by atoms with Crippen LogP contribution >= 0.6 is 23.4 Å². The van der Waals surface area contributed by atoms with Gasteiger partial charge in [-0.2, -0.15) is 0 Å². The molecule has 0 radical (unpaired) electrons. The number of rotatable bonds is 2. The van der Waals surface area contributed by atoms with E-state index in [0.717, 1.165) is 16.2 Å². The fraction of sp³-hybridized carbons (Fsp3) is 0.286. The van der Waals surface area contributed by atoms with Crippen LogP contribution in [0.25, 0.3) is 11.3 Å². The molecule has 0 spiro atoms. The first-order chi connectivity index (χ1) is 8.46. The van der Waals surface area contributed by atoms with Gasteiger partial charge < -0.3 is 0 Å². The molecule has 0 amide bonds. The fourth-order valence-corrected chi connectivity index (χ4v) is 2.85. The summed E-state index contributed by atoms with van der Waals surface area (Å²) in [5, 5.41) is 8.61. The number of hydrogen-bond acceptors (Lipinski definition) is 3. The number of thioether (sulfide) groups is 1. The van der Waals surface area contributed by atoms with Crippen molar-refractivity contribution in [3.8, 4) is 11.3 Å². The molecule has 0 aliphatic carbocycles. The van der Waals surface area contributed by atoms with Crippen molar-refractivity contribution in [2.45, 2.75) is 30.4 Å². The minimum absolute atomic E-state index is 0.107. The number of halogens is 1. The van der Waals surface area contributed by atoms with Crippen molar-refractivity contribution in [2.75, 3.05) is 0 Å². The maximum atomic E-state index is 5.95. The Morgan fingerprint density at radius 1 is 1.06 bits per heavy atom. The zero-order chi connectivity index (χ0) is 13.2. The topological polar surface area (TPSA) is 25.8 Å². The van der Waals surface area contributed by atoms with E-state index in [2.05, 4.69) is 31.0 Å². The van der Waals surface area contributed by atoms with Gasteiger partial charge in [-0.3, -0.25) is 0 Å². The van der Waals surface area contributed by atoms with Crippen LogP contribution in [0, 0.1) is 0 Å². The zero-order valence-electron chi connectivity index (χ0n) is 10.6. The summed E-state index contributed by atoms with van der Waals surface area (Å²) in [5.41, 5.74) is 1.95. The van der Waals surface area contributed by atoms with Gasteiger partial charge in [0.1, 0.15) is 5.69 Å². The van der Waals surface area contributed by atoms with E-state index >= 15 is 0 Å². The summed E-state index contributed by atoms with van der Waals surface area (Å²) in [5.74, 6) is 0. The highest BCUT2D eigenvalue weighted by Crippen LogP contribution is 2.37. The van der Waals surface area contributed by atoms with Crippen LogP contribution in [-0.4, -0.2) is 14.9 Å². The second-order valence-corrected chi connectivity index (χ2v) is 7.22. The molecule has 2 aromatic rings. The molecular formula is C14H15ClN2S. The molecule has 1 heterocycles. The molecular weight excluding hydrogens is 264 g/mol. The third kappa shape index (κ3) is 3.47. The highest BCUT2D eigenvalue weighted by Gasteiger charge is 2.17. The number of nitrogens with zero attached hydrogens (tertiary/aromatic N) is 2. The molecule has 0 saturated heterocycles. The third-order valence-electron chi connectivity index (χ3n) is 2.19. The summed E-state index contributed by atoms with van der Waals surface area (Å²) >= 11 is 7.70. The Bertz CT molecular complexity index is 535. The summed E-state index contributed by atoms with van der Waals surface area (Å²) in [4.78, 5) is 1.06. The number of benzene rings is 1. The van der Waals surface area contributed by atoms with E-state index in [1.165, 1.54) is 0 Å². The van der Waals surface area contributed by atoms with Crippen LogP contribution in [0.2, 0.25) is 5.15 Å². The summed E-state index contributed by atoms with van der Waals surface area (Å²) in [7, 11) is 0. The Morgan fingerprint density at radius 2 is 1.72 bits per heavy atom. The van der Waals surface area contributed by atoms with Gasteiger partial charge in [0.25, 0.3) is 0 Å². The normalized spacial score (nSPS) is 11.6. The van der Waals surface area contributed by atoms with Crippen LogP contribution < -0.4 is 0 Å². The third-order valence-corrected chi connectivity index (χ3v) is 3.52. The average molecular weight is 279 g/mol. The Morgan fingerprint density at radius 3 is 2.33 bits per heavy atom. The van der Waals surface area contributed by atoms with Gasteiger partial charge in [-0.05, 0) is 6.07 Å². The zero-order valence-corrected chi connectivity index (χ0v) is 12.2. The highest BCUT2D eigenvalue weighted by atomic mass is 35.5. The van der Waals surface area contributed by atoms with Gasteiger partial charge in [0, 0.05) is 15.2 Å². The van der Waals surface area contributed by atoms with Crippen LogP contribution in [-0.2, 0) is 0 Å². The van der Waals surface area contributed by atoms with Gasteiger partial charge in [-0.25, -0.2) is 0 Å². The lowest BCUT2D eigenvalue weighted by Gasteiger charge is -2.19. The average Bonchev–Trinajstić information content (AvgIpc) is 2.28. The monoisotopic (exact) mass is 278 g/mol. The Labute approximate surface area is 117 Å². The van der Waals surface area contributed by atoms with E-state index < -0.39 is 0 Å². The predicted octanol–water partition coefficient (Wildman–Crippen LogP) is 4.69. The molecule has 4 heteroatoms. The van der Waals surface area contributed by atoms with Gasteiger partial charge >= 0.3 is 0 Å². The Hall–Kier alpha value is -1.06. The van der Waals surface area contributed by atoms with Crippen molar-refractivity contribution >= 4 is 23.4 Å². The van der Waals surface area contributed by atoms with Gasteiger partial charge in [-0.1, -0.05) is 62.7 Å². The number of aromatic nitrogens is 2. The summed E-state index contributed by atoms with van der Waals surface area (Å²) in [6, 6.07) is 11.9. The van der Waals surface area contributed by atoms with Gasteiger partial charge in [-0.15, -0.1) is 22.0 Å². The first kappa shape index (κ1) is 13.4. The maximum Gasteiger partial charge on any atom is 0.152 e. The van der Waals surface area contributed by atoms with Crippen molar-refractivity contribution in [2.24, 2.45) is 0 Å². The minimum Gasteiger partial charge on any atom is -0.148 e. The van der Waals surface area contributed by atoms with E-state index in [9.17, 15) is 0 Å². The largest absolute Gasteiger partial charge is 0.152 e. The van der Waals surface area contributed by atoms with E-state index in [1.807, 2.05) is 36.4 Å². The molecule has 0 aliphatic rings. The Balaban J connectivity index is 2.47. The van der Waals surface area contributed by atoms with Crippen molar-refractivity contribution in [3.05, 3.63) is 41.6 Å². The smallest absolute Gasteiger partial charge is 0.148 e. The number of hydrogen-bond donors (Lipinski definition) is 0. The summed E-state index contributed by atoms with van der Waals surface area (Å²) in [6.45, 7) is 6.50. The summed E-state index contributed by atoms with van der Waals surface area (Å²) < 4.78 is 0.107. The fourth-order valence-electron chi connectivity index (χ4n) is 1.56. The second kappa shape index (κ2) is 5.29. The van der Waals surface area contributed by atoms with E-state index in [4.69, 9.17) is 11.6 Å². The highest BCUT2D eigenvalue weighted by molar-refractivity contribution is 8.00. The van der Waals surface area contributed by atoms with Crippen LogP contribution in [0.3, 0.4) is 0 Å². The second-order valence-electron chi connectivity index (χ2n) is 4.96. The predicted molar refractivity (Wildman–Crippen MR) is 78.1 cm³/mol. The molecule has 0 bridgehead atoms. The van der Waals surface area contributed by atoms with Crippen molar-refractivity contribution < 1.29 is 0 Å². The molecule has 0 fully saturated rings. The molecule has 94 valence electrons. The maximum absolute atomic E-state index is 5.95. The lowest BCUT2D eigenvalue weighted by molar-refractivity contribution is 0.801. The van der Waals surface area contributed by atoms with Crippen LogP contribution in [0.15, 0.2) is 41.3 Å². The van der Waals surface area contributed by atoms with E-state index in [1.54, 1.807) is 11.8 Å². The molecule has 18 heavy (non-hydrogen) atoms. The van der Waals surface area contributed by atoms with Crippen molar-refractivity contribution in [1.29, 1.82) is 0 Å². The Kier molecular flexibility index (Phi) is 3.93. The van der Waals surface area contributed by atoms with Crippen LogP contribution in [0.1, 0.15) is 20.8 Å². The molecule has 2 nitrogen and oxygen atoms in total. The van der Waals surface area contributed by atoms with Crippen LogP contribution in [0.4, 0.5) is 0 Å². The first-order valence-electron chi connectivity index (χ1n) is 5.73. The molecule has 2 rings (SSSR count). The molecule has 0 aliphatic heterocycles. The van der Waals surface area contributed by atoms with Crippen molar-refractivity contribution in [3.63, 3.8) is 0 Å². The van der Waals surface area contributed by atoms with Crippen molar-refractivity contribution in [1.82, 2.24) is 10.2 Å². The first-order valence-corrected chi connectivity index (χ1v) is 6.93. The molecule has 1 aromatic carbocycles. The SMILES string of the molecule is CC(C)(C)Sc1cc(Cl)nnc1-c1ccccc1. The van der Waals surface area contributed by atoms with Gasteiger partial charge in [0.05, 0.1) is 0 Å². The minimum atomic E-state index is 0.107. The standard InChI is InChI=1S/C14H15ClN2S/c1-14(2,3)18-11-9-12(15)16-17-13(11)10-7-5-4-6-8-10/h4-9H,1-3H3. The van der Waals surface area contributed by atoms with Crippen LogP contribution in [0.5, 0.6) is 0 Å². The van der Waals surface area contributed by atoms with E-state index in [-0.39, 0.29) is 4.75 Å². The molecule has 0 N–H and O–H groups in total. The molecule has 1 aromatic heterocycles. The van der Waals surface area contributed by atoms with Gasteiger partial charge in [0.15, 0.2) is 5.15 Å². The quantitative estimate of drug-likeness (QED) is 0.746. The molecule has 0 saturated carbocycles. The molecule has 0 unspecified atom stereocenters. The van der Waals surface area contributed by atoms with Gasteiger partial charge in [0.2, 0.25) is 0 Å². The lowest BCUT2D eigenvalue weighted by atomic mass is 10.1. The van der Waals surface area contributed by atoms with E-state index in [0.29, 0.717) is 5.15 Å².